The van der Waals surface area contributed by atoms with Crippen molar-refractivity contribution in [2.24, 2.45) is 0 Å². The maximum Gasteiger partial charge on any atom is 0.199 e. The molecule has 15 heavy (non-hydrogen) atoms. The number of anilines is 1. The van der Waals surface area contributed by atoms with Crippen molar-refractivity contribution in [3.63, 3.8) is 0 Å². The molecule has 4 nitrogen and oxygen atoms in total. The number of H-pyrrole nitrogens is 1. The number of aromatic amines is 1. The molecule has 80 valence electrons. The van der Waals surface area contributed by atoms with Crippen LogP contribution < -0.4 is 10.2 Å². The van der Waals surface area contributed by atoms with Crippen molar-refractivity contribution in [2.45, 2.75) is 19.4 Å². The van der Waals surface area contributed by atoms with E-state index in [2.05, 4.69) is 20.2 Å². The summed E-state index contributed by atoms with van der Waals surface area (Å²) in [6.07, 6.45) is 2.33. The Morgan fingerprint density at radius 1 is 1.33 bits per heavy atom. The van der Waals surface area contributed by atoms with Crippen LogP contribution >= 0.6 is 12.2 Å². The lowest BCUT2D eigenvalue weighted by Gasteiger charge is -2.34. The standard InChI is InChI=1S/C10H14N4S/c15-10-12-8-6-11-3-2-7(8)9(13-10)14-4-1-5-14/h11H,1-6H2,(H,12,13,15). The third-order valence-corrected chi connectivity index (χ3v) is 3.30. The van der Waals surface area contributed by atoms with Gasteiger partial charge < -0.3 is 15.2 Å². The van der Waals surface area contributed by atoms with Gasteiger partial charge in [-0.3, -0.25) is 0 Å². The first-order valence-electron chi connectivity index (χ1n) is 5.42. The van der Waals surface area contributed by atoms with Crippen LogP contribution in [0.15, 0.2) is 0 Å². The summed E-state index contributed by atoms with van der Waals surface area (Å²) < 4.78 is 0.611. The first-order valence-corrected chi connectivity index (χ1v) is 5.83. The number of nitrogens with zero attached hydrogens (tertiary/aromatic N) is 2. The SMILES string of the molecule is S=c1nc(N2CCC2)c2c([nH]1)CNCC2. The Morgan fingerprint density at radius 3 is 2.93 bits per heavy atom. The third kappa shape index (κ3) is 1.55. The van der Waals surface area contributed by atoms with Crippen molar-refractivity contribution < 1.29 is 0 Å². The van der Waals surface area contributed by atoms with Gasteiger partial charge >= 0.3 is 0 Å². The van der Waals surface area contributed by atoms with Crippen LogP contribution in [0.1, 0.15) is 17.7 Å². The van der Waals surface area contributed by atoms with Crippen molar-refractivity contribution in [3.8, 4) is 0 Å². The van der Waals surface area contributed by atoms with E-state index in [1.807, 2.05) is 0 Å². The maximum atomic E-state index is 5.16. The molecule has 2 aliphatic rings. The Bertz CT molecular complexity index is 436. The van der Waals surface area contributed by atoms with Gasteiger partial charge in [0.1, 0.15) is 5.82 Å². The first kappa shape index (κ1) is 9.30. The van der Waals surface area contributed by atoms with Crippen LogP contribution in [0.2, 0.25) is 0 Å². The molecule has 0 unspecified atom stereocenters. The molecule has 3 heterocycles. The van der Waals surface area contributed by atoms with Crippen LogP contribution in [0, 0.1) is 4.77 Å². The lowest BCUT2D eigenvalue weighted by Crippen LogP contribution is -2.39. The number of aromatic nitrogens is 2. The average Bonchev–Trinajstić information content (AvgIpc) is 2.14. The second-order valence-corrected chi connectivity index (χ2v) is 4.48. The second kappa shape index (κ2) is 3.57. The molecule has 0 bridgehead atoms. The van der Waals surface area contributed by atoms with E-state index in [-0.39, 0.29) is 0 Å². The lowest BCUT2D eigenvalue weighted by molar-refractivity contribution is 0.582. The normalized spacial score (nSPS) is 19.6. The molecule has 0 atom stereocenters. The molecule has 0 aliphatic carbocycles. The predicted octanol–water partition coefficient (Wildman–Crippen LogP) is 0.995. The Balaban J connectivity index is 2.10. The fourth-order valence-electron chi connectivity index (χ4n) is 2.16. The molecule has 0 radical (unpaired) electrons. The van der Waals surface area contributed by atoms with Gasteiger partial charge in [-0.1, -0.05) is 0 Å². The Hall–Kier alpha value is -0.940. The zero-order valence-corrected chi connectivity index (χ0v) is 9.36. The van der Waals surface area contributed by atoms with E-state index in [4.69, 9.17) is 12.2 Å². The van der Waals surface area contributed by atoms with Gasteiger partial charge in [-0.15, -0.1) is 0 Å². The van der Waals surface area contributed by atoms with Crippen molar-refractivity contribution >= 4 is 18.0 Å². The maximum absolute atomic E-state index is 5.16. The van der Waals surface area contributed by atoms with Crippen LogP contribution in [0.5, 0.6) is 0 Å². The number of fused-ring (bicyclic) bond motifs is 1. The van der Waals surface area contributed by atoms with Crippen LogP contribution in [0.25, 0.3) is 0 Å². The number of hydrogen-bond donors (Lipinski definition) is 2. The van der Waals surface area contributed by atoms with Crippen LogP contribution in [-0.2, 0) is 13.0 Å². The summed E-state index contributed by atoms with van der Waals surface area (Å²) in [6, 6.07) is 0. The number of rotatable bonds is 1. The molecule has 1 aromatic rings. The fourth-order valence-corrected chi connectivity index (χ4v) is 2.37. The zero-order chi connectivity index (χ0) is 10.3. The minimum absolute atomic E-state index is 0.611. The van der Waals surface area contributed by atoms with Gasteiger partial charge in [0.05, 0.1) is 0 Å². The van der Waals surface area contributed by atoms with E-state index in [0.29, 0.717) is 4.77 Å². The first-order chi connectivity index (χ1) is 7.34. The zero-order valence-electron chi connectivity index (χ0n) is 8.55. The minimum Gasteiger partial charge on any atom is -0.356 e. The summed E-state index contributed by atoms with van der Waals surface area (Å²) >= 11 is 5.16. The highest BCUT2D eigenvalue weighted by Gasteiger charge is 2.22. The summed E-state index contributed by atoms with van der Waals surface area (Å²) in [5.41, 5.74) is 2.59. The van der Waals surface area contributed by atoms with Crippen molar-refractivity contribution in [3.05, 3.63) is 16.0 Å². The van der Waals surface area contributed by atoms with E-state index in [1.54, 1.807) is 0 Å². The summed E-state index contributed by atoms with van der Waals surface area (Å²) in [7, 11) is 0. The fraction of sp³-hybridized carbons (Fsp3) is 0.600. The molecule has 2 aliphatic heterocycles. The van der Waals surface area contributed by atoms with Gasteiger partial charge in [0.15, 0.2) is 4.77 Å². The molecule has 1 fully saturated rings. The molecule has 0 aromatic carbocycles. The van der Waals surface area contributed by atoms with Gasteiger partial charge in [-0.2, -0.15) is 0 Å². The lowest BCUT2D eigenvalue weighted by atomic mass is 10.1. The summed E-state index contributed by atoms with van der Waals surface area (Å²) in [5.74, 6) is 1.13. The highest BCUT2D eigenvalue weighted by atomic mass is 32.1. The summed E-state index contributed by atoms with van der Waals surface area (Å²) in [5, 5.41) is 3.35. The van der Waals surface area contributed by atoms with Gasteiger partial charge in [0.25, 0.3) is 0 Å². The smallest absolute Gasteiger partial charge is 0.199 e. The van der Waals surface area contributed by atoms with Gasteiger partial charge in [0.2, 0.25) is 0 Å². The van der Waals surface area contributed by atoms with Gasteiger partial charge in [0, 0.05) is 30.9 Å². The average molecular weight is 222 g/mol. The molecule has 3 rings (SSSR count). The quantitative estimate of drug-likeness (QED) is 0.696. The molecule has 1 saturated heterocycles. The van der Waals surface area contributed by atoms with Crippen LogP contribution in [0.3, 0.4) is 0 Å². The Morgan fingerprint density at radius 2 is 2.20 bits per heavy atom. The Labute approximate surface area is 93.7 Å². The third-order valence-electron chi connectivity index (χ3n) is 3.11. The summed E-state index contributed by atoms with van der Waals surface area (Å²) in [4.78, 5) is 9.98. The van der Waals surface area contributed by atoms with E-state index >= 15 is 0 Å². The topological polar surface area (TPSA) is 44.0 Å². The molecular weight excluding hydrogens is 208 g/mol. The molecule has 0 saturated carbocycles. The second-order valence-electron chi connectivity index (χ2n) is 4.09. The molecule has 2 N–H and O–H groups in total. The van der Waals surface area contributed by atoms with Crippen LogP contribution in [0.4, 0.5) is 5.82 Å². The molecular formula is C10H14N4S. The number of nitrogens with one attached hydrogen (secondary N) is 2. The van der Waals surface area contributed by atoms with Crippen molar-refractivity contribution in [1.29, 1.82) is 0 Å². The minimum atomic E-state index is 0.611. The monoisotopic (exact) mass is 222 g/mol. The van der Waals surface area contributed by atoms with E-state index in [9.17, 15) is 0 Å². The van der Waals surface area contributed by atoms with E-state index in [1.165, 1.54) is 17.7 Å². The van der Waals surface area contributed by atoms with E-state index in [0.717, 1.165) is 38.4 Å². The highest BCUT2D eigenvalue weighted by molar-refractivity contribution is 7.71. The largest absolute Gasteiger partial charge is 0.356 e. The predicted molar refractivity (Wildman–Crippen MR) is 61.7 cm³/mol. The summed E-state index contributed by atoms with van der Waals surface area (Å²) in [6.45, 7) is 4.19. The van der Waals surface area contributed by atoms with Gasteiger partial charge in [-0.25, -0.2) is 4.98 Å². The van der Waals surface area contributed by atoms with Crippen LogP contribution in [-0.4, -0.2) is 29.6 Å². The molecule has 0 spiro atoms. The molecule has 1 aromatic heterocycles. The van der Waals surface area contributed by atoms with Gasteiger partial charge in [-0.05, 0) is 31.6 Å². The Kier molecular flexibility index (Phi) is 2.21. The van der Waals surface area contributed by atoms with E-state index < -0.39 is 0 Å². The molecule has 0 amide bonds. The van der Waals surface area contributed by atoms with Crippen molar-refractivity contribution in [2.75, 3.05) is 24.5 Å². The highest BCUT2D eigenvalue weighted by Crippen LogP contribution is 2.26. The molecule has 5 heteroatoms. The number of hydrogen-bond acceptors (Lipinski definition) is 4. The van der Waals surface area contributed by atoms with Crippen molar-refractivity contribution in [1.82, 2.24) is 15.3 Å².